The molecule has 1 saturated heterocycles. The van der Waals surface area contributed by atoms with Crippen LogP contribution in [0.2, 0.25) is 0 Å². The smallest absolute Gasteiger partial charge is 0.254 e. The summed E-state index contributed by atoms with van der Waals surface area (Å²) >= 11 is 0. The Morgan fingerprint density at radius 2 is 2.21 bits per heavy atom. The van der Waals surface area contributed by atoms with Crippen LogP contribution in [0.1, 0.15) is 16.8 Å². The quantitative estimate of drug-likeness (QED) is 0.741. The SMILES string of the molecule is Cl.Cn1cc(C(=O)NCCCN2CCNCC2)cn1. The zero-order chi connectivity index (χ0) is 12.8. The lowest BCUT2D eigenvalue weighted by atomic mass is 10.3. The van der Waals surface area contributed by atoms with E-state index in [0.717, 1.165) is 45.7 Å². The van der Waals surface area contributed by atoms with Crippen LogP contribution in [-0.2, 0) is 7.05 Å². The normalized spacial score (nSPS) is 15.8. The molecule has 0 unspecified atom stereocenters. The van der Waals surface area contributed by atoms with Crippen molar-refractivity contribution in [2.45, 2.75) is 6.42 Å². The van der Waals surface area contributed by atoms with Crippen molar-refractivity contribution in [3.8, 4) is 0 Å². The van der Waals surface area contributed by atoms with E-state index in [4.69, 9.17) is 0 Å². The van der Waals surface area contributed by atoms with E-state index in [0.29, 0.717) is 5.56 Å². The fraction of sp³-hybridized carbons (Fsp3) is 0.667. The zero-order valence-corrected chi connectivity index (χ0v) is 12.1. The maximum atomic E-state index is 11.7. The predicted octanol–water partition coefficient (Wildman–Crippen LogP) is -0.133. The van der Waals surface area contributed by atoms with E-state index >= 15 is 0 Å². The number of hydrogen-bond acceptors (Lipinski definition) is 4. The molecule has 0 bridgehead atoms. The third-order valence-electron chi connectivity index (χ3n) is 3.11. The molecular formula is C12H22ClN5O. The first-order chi connectivity index (χ1) is 8.75. The van der Waals surface area contributed by atoms with Crippen molar-refractivity contribution in [3.63, 3.8) is 0 Å². The second kappa shape index (κ2) is 8.14. The fourth-order valence-electron chi connectivity index (χ4n) is 2.08. The number of rotatable bonds is 5. The monoisotopic (exact) mass is 287 g/mol. The molecule has 1 aliphatic heterocycles. The number of aromatic nitrogens is 2. The molecule has 0 spiro atoms. The molecule has 0 atom stereocenters. The predicted molar refractivity (Wildman–Crippen MR) is 76.7 cm³/mol. The second-order valence-corrected chi connectivity index (χ2v) is 4.60. The van der Waals surface area contributed by atoms with Gasteiger partial charge in [0, 0.05) is 46.0 Å². The van der Waals surface area contributed by atoms with Crippen LogP contribution in [0.3, 0.4) is 0 Å². The van der Waals surface area contributed by atoms with Gasteiger partial charge in [-0.25, -0.2) is 0 Å². The van der Waals surface area contributed by atoms with E-state index in [9.17, 15) is 4.79 Å². The van der Waals surface area contributed by atoms with Crippen LogP contribution < -0.4 is 10.6 Å². The molecule has 1 fully saturated rings. The number of halogens is 1. The van der Waals surface area contributed by atoms with Crippen molar-refractivity contribution in [1.29, 1.82) is 0 Å². The molecule has 2 rings (SSSR count). The summed E-state index contributed by atoms with van der Waals surface area (Å²) in [6.07, 6.45) is 4.31. The van der Waals surface area contributed by atoms with Gasteiger partial charge in [0.05, 0.1) is 11.8 Å². The zero-order valence-electron chi connectivity index (χ0n) is 11.3. The van der Waals surface area contributed by atoms with Crippen LogP contribution in [0.5, 0.6) is 0 Å². The Balaban J connectivity index is 0.00000180. The van der Waals surface area contributed by atoms with Gasteiger partial charge in [-0.2, -0.15) is 5.10 Å². The number of nitrogens with zero attached hydrogens (tertiary/aromatic N) is 3. The first kappa shape index (κ1) is 15.9. The average molecular weight is 288 g/mol. The third-order valence-corrected chi connectivity index (χ3v) is 3.11. The van der Waals surface area contributed by atoms with Crippen molar-refractivity contribution in [2.24, 2.45) is 7.05 Å². The number of carbonyl (C=O) groups is 1. The van der Waals surface area contributed by atoms with Gasteiger partial charge in [-0.05, 0) is 13.0 Å². The summed E-state index contributed by atoms with van der Waals surface area (Å²) < 4.78 is 1.63. The fourth-order valence-corrected chi connectivity index (χ4v) is 2.08. The molecule has 0 radical (unpaired) electrons. The summed E-state index contributed by atoms with van der Waals surface area (Å²) in [6, 6.07) is 0. The minimum Gasteiger partial charge on any atom is -0.352 e. The number of nitrogens with one attached hydrogen (secondary N) is 2. The summed E-state index contributed by atoms with van der Waals surface area (Å²) in [5.74, 6) is -0.0385. The van der Waals surface area contributed by atoms with Gasteiger partial charge in [-0.15, -0.1) is 12.4 Å². The summed E-state index contributed by atoms with van der Waals surface area (Å²) in [5, 5.41) is 10.2. The topological polar surface area (TPSA) is 62.2 Å². The Bertz CT molecular complexity index is 389. The molecular weight excluding hydrogens is 266 g/mol. The Morgan fingerprint density at radius 1 is 1.47 bits per heavy atom. The lowest BCUT2D eigenvalue weighted by Crippen LogP contribution is -2.44. The van der Waals surface area contributed by atoms with Crippen molar-refractivity contribution in [2.75, 3.05) is 39.3 Å². The van der Waals surface area contributed by atoms with Gasteiger partial charge in [0.25, 0.3) is 5.91 Å². The van der Waals surface area contributed by atoms with Gasteiger partial charge in [0.15, 0.2) is 0 Å². The van der Waals surface area contributed by atoms with Gasteiger partial charge in [-0.3, -0.25) is 9.48 Å². The number of amides is 1. The Kier molecular flexibility index (Phi) is 6.83. The molecule has 108 valence electrons. The highest BCUT2D eigenvalue weighted by atomic mass is 35.5. The minimum absolute atomic E-state index is 0. The first-order valence-corrected chi connectivity index (χ1v) is 6.45. The van der Waals surface area contributed by atoms with Gasteiger partial charge >= 0.3 is 0 Å². The van der Waals surface area contributed by atoms with Gasteiger partial charge in [0.2, 0.25) is 0 Å². The first-order valence-electron chi connectivity index (χ1n) is 6.45. The highest BCUT2D eigenvalue weighted by molar-refractivity contribution is 5.93. The van der Waals surface area contributed by atoms with E-state index in [1.165, 1.54) is 0 Å². The maximum Gasteiger partial charge on any atom is 0.254 e. The number of hydrogen-bond donors (Lipinski definition) is 2. The number of aryl methyl sites for hydroxylation is 1. The Morgan fingerprint density at radius 3 is 2.84 bits per heavy atom. The van der Waals surface area contributed by atoms with E-state index in [1.54, 1.807) is 24.1 Å². The molecule has 0 saturated carbocycles. The van der Waals surface area contributed by atoms with Crippen molar-refractivity contribution >= 4 is 18.3 Å². The van der Waals surface area contributed by atoms with Gasteiger partial charge < -0.3 is 15.5 Å². The second-order valence-electron chi connectivity index (χ2n) is 4.60. The molecule has 1 aromatic rings. The summed E-state index contributed by atoms with van der Waals surface area (Å²) in [7, 11) is 1.81. The molecule has 1 amide bonds. The number of piperazine rings is 1. The van der Waals surface area contributed by atoms with Crippen LogP contribution in [0.4, 0.5) is 0 Å². The van der Waals surface area contributed by atoms with Crippen LogP contribution in [0.15, 0.2) is 12.4 Å². The molecule has 1 aliphatic rings. The largest absolute Gasteiger partial charge is 0.352 e. The number of carbonyl (C=O) groups excluding carboxylic acids is 1. The van der Waals surface area contributed by atoms with Crippen LogP contribution >= 0.6 is 12.4 Å². The van der Waals surface area contributed by atoms with Gasteiger partial charge in [-0.1, -0.05) is 0 Å². The summed E-state index contributed by atoms with van der Waals surface area (Å²) in [4.78, 5) is 14.1. The van der Waals surface area contributed by atoms with Crippen molar-refractivity contribution < 1.29 is 4.79 Å². The lowest BCUT2D eigenvalue weighted by molar-refractivity contribution is 0.0951. The van der Waals surface area contributed by atoms with E-state index < -0.39 is 0 Å². The molecule has 2 N–H and O–H groups in total. The molecule has 1 aromatic heterocycles. The van der Waals surface area contributed by atoms with Gasteiger partial charge in [0.1, 0.15) is 0 Å². The summed E-state index contributed by atoms with van der Waals surface area (Å²) in [5.41, 5.74) is 0.625. The Hall–Kier alpha value is -1.11. The molecule has 2 heterocycles. The standard InChI is InChI=1S/C12H21N5O.ClH/c1-16-10-11(9-15-16)12(18)14-3-2-6-17-7-4-13-5-8-17;/h9-10,13H,2-8H2,1H3,(H,14,18);1H. The average Bonchev–Trinajstić information content (AvgIpc) is 2.82. The molecule has 6 nitrogen and oxygen atoms in total. The molecule has 0 aromatic carbocycles. The third kappa shape index (κ3) is 5.18. The van der Waals surface area contributed by atoms with E-state index in [1.807, 2.05) is 0 Å². The lowest BCUT2D eigenvalue weighted by Gasteiger charge is -2.27. The maximum absolute atomic E-state index is 11.7. The van der Waals surface area contributed by atoms with Crippen molar-refractivity contribution in [1.82, 2.24) is 25.3 Å². The highest BCUT2D eigenvalue weighted by Gasteiger charge is 2.09. The Labute approximate surface area is 119 Å². The van der Waals surface area contributed by atoms with Crippen molar-refractivity contribution in [3.05, 3.63) is 18.0 Å². The van der Waals surface area contributed by atoms with Crippen LogP contribution in [-0.4, -0.2) is 59.9 Å². The minimum atomic E-state index is -0.0385. The van der Waals surface area contributed by atoms with Crippen LogP contribution in [0, 0.1) is 0 Å². The molecule has 19 heavy (non-hydrogen) atoms. The van der Waals surface area contributed by atoms with E-state index in [-0.39, 0.29) is 18.3 Å². The summed E-state index contributed by atoms with van der Waals surface area (Å²) in [6.45, 7) is 6.13. The van der Waals surface area contributed by atoms with E-state index in [2.05, 4.69) is 20.6 Å². The molecule has 7 heteroatoms. The molecule has 0 aliphatic carbocycles. The highest BCUT2D eigenvalue weighted by Crippen LogP contribution is 1.97. The van der Waals surface area contributed by atoms with Crippen LogP contribution in [0.25, 0.3) is 0 Å².